The molecule has 0 aromatic heterocycles. The van der Waals surface area contributed by atoms with Gasteiger partial charge < -0.3 is 16.2 Å². The van der Waals surface area contributed by atoms with Crippen LogP contribution in [0.2, 0.25) is 0 Å². The molecule has 0 bridgehead atoms. The molecule has 76 valence electrons. The Kier molecular flexibility index (Phi) is 7.24. The molecule has 0 aliphatic carbocycles. The molecular formula is C7H8Cl2N2OPt. The standard InChI is InChI=1S/C7H8N2O.2ClH.Pt/c1-10-5-2-3-6(8)7(9)4-5;;;/h2-4,8-9H,1H3;2*1H;/q-2;;;+4/p-2. The zero-order valence-electron chi connectivity index (χ0n) is 6.71. The molecule has 2 N–H and O–H groups in total. The van der Waals surface area contributed by atoms with Gasteiger partial charge in [0.2, 0.25) is 0 Å². The van der Waals surface area contributed by atoms with Crippen molar-refractivity contribution >= 4 is 30.2 Å². The van der Waals surface area contributed by atoms with E-state index >= 15 is 0 Å². The van der Waals surface area contributed by atoms with Crippen molar-refractivity contribution in [2.75, 3.05) is 7.11 Å². The summed E-state index contributed by atoms with van der Waals surface area (Å²) in [6.45, 7) is 0. The first kappa shape index (κ1) is 12.9. The van der Waals surface area contributed by atoms with Gasteiger partial charge in [0.25, 0.3) is 0 Å². The number of methoxy groups -OCH3 is 1. The summed E-state index contributed by atoms with van der Waals surface area (Å²) >= 11 is -0.472. The third-order valence-corrected chi connectivity index (χ3v) is 1.23. The van der Waals surface area contributed by atoms with E-state index in [1.165, 1.54) is 6.07 Å². The fourth-order valence-corrected chi connectivity index (χ4v) is 0.650. The number of benzene rings is 1. The van der Waals surface area contributed by atoms with Crippen LogP contribution in [0.5, 0.6) is 5.75 Å². The van der Waals surface area contributed by atoms with E-state index in [1.54, 1.807) is 19.2 Å². The van der Waals surface area contributed by atoms with Gasteiger partial charge in [-0.15, -0.1) is 0 Å². The van der Waals surface area contributed by atoms with Crippen LogP contribution in [0.15, 0.2) is 18.2 Å². The number of hydrogen-bond donors (Lipinski definition) is 0. The molecule has 0 heterocycles. The SMILES string of the molecule is COc1ccc([NH-])c([NH-])c1.[Cl][Pt+2][Cl]. The summed E-state index contributed by atoms with van der Waals surface area (Å²) in [5.41, 5.74) is 14.8. The molecule has 1 aromatic rings. The minimum absolute atomic E-state index is 0.194. The van der Waals surface area contributed by atoms with Crippen LogP contribution in [-0.2, 0) is 16.5 Å². The first-order valence-corrected chi connectivity index (χ1v) is 8.72. The summed E-state index contributed by atoms with van der Waals surface area (Å²) in [6, 6.07) is 4.73. The normalized spacial score (nSPS) is 8.85. The zero-order valence-corrected chi connectivity index (χ0v) is 10.5. The van der Waals surface area contributed by atoms with Crippen molar-refractivity contribution in [2.24, 2.45) is 0 Å². The predicted octanol–water partition coefficient (Wildman–Crippen LogP) is 4.44. The second kappa shape index (κ2) is 7.31. The van der Waals surface area contributed by atoms with Crippen LogP contribution in [0.4, 0.5) is 11.4 Å². The molecule has 13 heavy (non-hydrogen) atoms. The molecule has 1 aromatic carbocycles. The van der Waals surface area contributed by atoms with E-state index in [0.717, 1.165) is 0 Å². The Balaban J connectivity index is 0.000000424. The van der Waals surface area contributed by atoms with Crippen molar-refractivity contribution < 1.29 is 21.2 Å². The first-order valence-electron chi connectivity index (χ1n) is 3.09. The molecule has 0 fully saturated rings. The van der Waals surface area contributed by atoms with Crippen LogP contribution in [0.25, 0.3) is 11.5 Å². The molecule has 1 rings (SSSR count). The summed E-state index contributed by atoms with van der Waals surface area (Å²) in [4.78, 5) is 0. The summed E-state index contributed by atoms with van der Waals surface area (Å²) in [6.07, 6.45) is 0. The zero-order chi connectivity index (χ0) is 10.3. The third kappa shape index (κ3) is 5.24. The molecule has 0 aliphatic rings. The van der Waals surface area contributed by atoms with Gasteiger partial charge in [-0.25, -0.2) is 0 Å². The number of ether oxygens (including phenoxy) is 1. The van der Waals surface area contributed by atoms with E-state index < -0.39 is 16.5 Å². The molecule has 6 heteroatoms. The van der Waals surface area contributed by atoms with Gasteiger partial charge in [0.15, 0.2) is 0 Å². The fraction of sp³-hybridized carbons (Fsp3) is 0.143. The maximum absolute atomic E-state index is 7.20. The van der Waals surface area contributed by atoms with Gasteiger partial charge in [-0.2, -0.15) is 11.4 Å². The van der Waals surface area contributed by atoms with Crippen molar-refractivity contribution in [3.63, 3.8) is 0 Å². The fourth-order valence-electron chi connectivity index (χ4n) is 0.650. The molecule has 0 spiro atoms. The van der Waals surface area contributed by atoms with Gasteiger partial charge in [-0.3, -0.25) is 0 Å². The van der Waals surface area contributed by atoms with E-state index in [0.29, 0.717) is 5.75 Å². The Bertz CT molecular complexity index is 260. The summed E-state index contributed by atoms with van der Waals surface area (Å²) in [7, 11) is 11.3. The Morgan fingerprint density at radius 3 is 2.15 bits per heavy atom. The van der Waals surface area contributed by atoms with Crippen LogP contribution in [0, 0.1) is 0 Å². The van der Waals surface area contributed by atoms with Gasteiger partial charge in [-0.1, -0.05) is 6.07 Å². The van der Waals surface area contributed by atoms with Crippen LogP contribution in [0.3, 0.4) is 0 Å². The number of rotatable bonds is 1. The van der Waals surface area contributed by atoms with Crippen LogP contribution in [0.1, 0.15) is 0 Å². The summed E-state index contributed by atoms with van der Waals surface area (Å²) in [5, 5.41) is 0. The van der Waals surface area contributed by atoms with Gasteiger partial charge >= 0.3 is 35.3 Å². The second-order valence-corrected chi connectivity index (χ2v) is 5.24. The molecule has 0 aliphatic heterocycles. The molecule has 3 nitrogen and oxygen atoms in total. The topological polar surface area (TPSA) is 56.8 Å². The molecule has 0 amide bonds. The van der Waals surface area contributed by atoms with Crippen molar-refractivity contribution in [3.05, 3.63) is 29.7 Å². The molecule has 0 saturated heterocycles. The van der Waals surface area contributed by atoms with Crippen LogP contribution < -0.4 is 4.74 Å². The van der Waals surface area contributed by atoms with Crippen molar-refractivity contribution in [1.82, 2.24) is 0 Å². The van der Waals surface area contributed by atoms with E-state index in [-0.39, 0.29) is 11.4 Å². The van der Waals surface area contributed by atoms with Crippen molar-refractivity contribution in [2.45, 2.75) is 0 Å². The molecular weight excluding hydrogens is 394 g/mol. The van der Waals surface area contributed by atoms with E-state index in [4.69, 9.17) is 35.0 Å². The Morgan fingerprint density at radius 1 is 1.23 bits per heavy atom. The number of hydrogen-bond acceptors (Lipinski definition) is 1. The molecule has 0 radical (unpaired) electrons. The average Bonchev–Trinajstić information content (AvgIpc) is 2.11. The van der Waals surface area contributed by atoms with E-state index in [9.17, 15) is 0 Å². The minimum atomic E-state index is -0.472. The van der Waals surface area contributed by atoms with Crippen molar-refractivity contribution in [1.29, 1.82) is 0 Å². The first-order chi connectivity index (χ1) is 6.15. The quantitative estimate of drug-likeness (QED) is 0.686. The Hall–Kier alpha value is -0.112. The number of nitrogens with one attached hydrogen (secondary N) is 2. The monoisotopic (exact) mass is 401 g/mol. The van der Waals surface area contributed by atoms with Gasteiger partial charge in [0.1, 0.15) is 5.75 Å². The number of halogens is 2. The molecule has 0 unspecified atom stereocenters. The summed E-state index contributed by atoms with van der Waals surface area (Å²) < 4.78 is 4.85. The summed E-state index contributed by atoms with van der Waals surface area (Å²) in [5.74, 6) is 0.626. The predicted molar refractivity (Wildman–Crippen MR) is 52.7 cm³/mol. The molecule has 0 saturated carbocycles. The Labute approximate surface area is 93.7 Å². The van der Waals surface area contributed by atoms with Gasteiger partial charge in [0, 0.05) is 0 Å². The van der Waals surface area contributed by atoms with E-state index in [1.807, 2.05) is 0 Å². The van der Waals surface area contributed by atoms with Crippen LogP contribution >= 0.6 is 18.8 Å². The maximum atomic E-state index is 7.20. The van der Waals surface area contributed by atoms with Crippen LogP contribution in [-0.4, -0.2) is 7.11 Å². The van der Waals surface area contributed by atoms with Gasteiger partial charge in [-0.05, 0) is 12.1 Å². The Morgan fingerprint density at radius 2 is 1.77 bits per heavy atom. The van der Waals surface area contributed by atoms with Crippen molar-refractivity contribution in [3.8, 4) is 5.75 Å². The van der Waals surface area contributed by atoms with Gasteiger partial charge in [0.05, 0.1) is 7.11 Å². The second-order valence-electron chi connectivity index (χ2n) is 1.96. The average molecular weight is 402 g/mol. The molecule has 0 atom stereocenters. The third-order valence-electron chi connectivity index (χ3n) is 1.23. The van der Waals surface area contributed by atoms with E-state index in [2.05, 4.69) is 0 Å².